The number of sulfonamides is 2. The van der Waals surface area contributed by atoms with Crippen LogP contribution in [-0.2, 0) is 24.8 Å². The summed E-state index contributed by atoms with van der Waals surface area (Å²) in [6.45, 7) is 2.05. The smallest absolute Gasteiger partial charge is 0.243 e. The van der Waals surface area contributed by atoms with Crippen LogP contribution in [0.15, 0.2) is 70.5 Å². The number of carbonyl (C=O) groups is 1. The molecule has 174 valence electrons. The van der Waals surface area contributed by atoms with Crippen molar-refractivity contribution in [1.82, 2.24) is 13.9 Å². The maximum atomic E-state index is 13.3. The summed E-state index contributed by atoms with van der Waals surface area (Å²) < 4.78 is 55.1. The number of hydrogen-bond acceptors (Lipinski definition) is 5. The summed E-state index contributed by atoms with van der Waals surface area (Å²) in [5, 5.41) is 2.79. The van der Waals surface area contributed by atoms with Crippen molar-refractivity contribution in [3.05, 3.63) is 60.7 Å². The van der Waals surface area contributed by atoms with Gasteiger partial charge in [0.1, 0.15) is 6.04 Å². The number of rotatable bonds is 9. The van der Waals surface area contributed by atoms with Gasteiger partial charge in [-0.2, -0.15) is 8.61 Å². The second kappa shape index (κ2) is 10.6. The minimum absolute atomic E-state index is 0.0388. The van der Waals surface area contributed by atoms with Crippen LogP contribution in [0.4, 0.5) is 0 Å². The Morgan fingerprint density at radius 3 is 2.00 bits per heavy atom. The monoisotopic (exact) mass is 479 g/mol. The summed E-state index contributed by atoms with van der Waals surface area (Å²) in [6.07, 6.45) is 2.69. The molecule has 0 unspecified atom stereocenters. The lowest BCUT2D eigenvalue weighted by Gasteiger charge is -2.38. The molecular formula is C22H29N3O5S2. The third-order valence-corrected chi connectivity index (χ3v) is 9.21. The van der Waals surface area contributed by atoms with E-state index in [-0.39, 0.29) is 29.4 Å². The molecule has 32 heavy (non-hydrogen) atoms. The Kier molecular flexibility index (Phi) is 8.05. The highest BCUT2D eigenvalue weighted by molar-refractivity contribution is 7.89. The highest BCUT2D eigenvalue weighted by Gasteiger charge is 2.43. The number of benzene rings is 2. The maximum Gasteiger partial charge on any atom is 0.243 e. The van der Waals surface area contributed by atoms with E-state index < -0.39 is 32.0 Å². The largest absolute Gasteiger partial charge is 0.355 e. The molecule has 1 atom stereocenters. The third-order valence-electron chi connectivity index (χ3n) is 5.41. The predicted molar refractivity (Wildman–Crippen MR) is 122 cm³/mol. The third kappa shape index (κ3) is 5.37. The number of carbonyl (C=O) groups excluding carboxylic acids is 1. The Morgan fingerprint density at radius 1 is 0.875 bits per heavy atom. The number of amides is 1. The van der Waals surface area contributed by atoms with Crippen molar-refractivity contribution in [3.8, 4) is 0 Å². The standard InChI is InChI=1S/C22H29N3O5S2/c1-2-3-10-15-23-22(26)21-18-24(31(27,28)19-11-6-4-7-12-19)16-17-25(21)32(29,30)20-13-8-5-9-14-20/h4-9,11-14,21H,2-3,10,15-18H2,1H3,(H,23,26)/t21-/m0/s1. The zero-order valence-corrected chi connectivity index (χ0v) is 19.7. The number of unbranched alkanes of at least 4 members (excludes halogenated alkanes) is 2. The molecule has 3 rings (SSSR count). The molecule has 1 aliphatic rings. The van der Waals surface area contributed by atoms with E-state index in [2.05, 4.69) is 5.32 Å². The van der Waals surface area contributed by atoms with E-state index in [1.165, 1.54) is 28.6 Å². The summed E-state index contributed by atoms with van der Waals surface area (Å²) in [4.78, 5) is 13.2. The minimum atomic E-state index is -3.97. The molecule has 1 aliphatic heterocycles. The van der Waals surface area contributed by atoms with Crippen molar-refractivity contribution >= 4 is 26.0 Å². The van der Waals surface area contributed by atoms with Crippen molar-refractivity contribution in [3.63, 3.8) is 0 Å². The first-order chi connectivity index (χ1) is 15.3. The van der Waals surface area contributed by atoms with Gasteiger partial charge in [-0.25, -0.2) is 16.8 Å². The molecule has 2 aromatic rings. The Balaban J connectivity index is 1.89. The molecule has 1 fully saturated rings. The molecule has 0 aromatic heterocycles. The van der Waals surface area contributed by atoms with E-state index in [1.54, 1.807) is 36.4 Å². The fourth-order valence-electron chi connectivity index (χ4n) is 3.63. The van der Waals surface area contributed by atoms with Crippen LogP contribution in [-0.4, -0.2) is 63.6 Å². The number of hydrogen-bond donors (Lipinski definition) is 1. The lowest BCUT2D eigenvalue weighted by atomic mass is 10.2. The van der Waals surface area contributed by atoms with E-state index in [0.717, 1.165) is 23.6 Å². The fraction of sp³-hybridized carbons (Fsp3) is 0.409. The van der Waals surface area contributed by atoms with Crippen molar-refractivity contribution in [2.24, 2.45) is 0 Å². The van der Waals surface area contributed by atoms with E-state index in [1.807, 2.05) is 6.92 Å². The van der Waals surface area contributed by atoms with Gasteiger partial charge in [0.15, 0.2) is 0 Å². The molecule has 1 saturated heterocycles. The van der Waals surface area contributed by atoms with Crippen LogP contribution in [0.2, 0.25) is 0 Å². The van der Waals surface area contributed by atoms with E-state index in [9.17, 15) is 21.6 Å². The van der Waals surface area contributed by atoms with E-state index >= 15 is 0 Å². The average molecular weight is 480 g/mol. The number of piperazine rings is 1. The topological polar surface area (TPSA) is 104 Å². The highest BCUT2D eigenvalue weighted by Crippen LogP contribution is 2.25. The van der Waals surface area contributed by atoms with Crippen LogP contribution in [0, 0.1) is 0 Å². The number of nitrogens with zero attached hydrogens (tertiary/aromatic N) is 2. The van der Waals surface area contributed by atoms with Gasteiger partial charge in [-0.05, 0) is 30.7 Å². The predicted octanol–water partition coefficient (Wildman–Crippen LogP) is 2.06. The van der Waals surface area contributed by atoms with Gasteiger partial charge in [-0.1, -0.05) is 56.2 Å². The van der Waals surface area contributed by atoms with Crippen LogP contribution in [0.1, 0.15) is 26.2 Å². The zero-order chi connectivity index (χ0) is 23.2. The molecule has 0 spiro atoms. The highest BCUT2D eigenvalue weighted by atomic mass is 32.2. The summed E-state index contributed by atoms with van der Waals surface area (Å²) in [5.74, 6) is -0.492. The summed E-state index contributed by atoms with van der Waals surface area (Å²) >= 11 is 0. The van der Waals surface area contributed by atoms with E-state index in [0.29, 0.717) is 6.54 Å². The van der Waals surface area contributed by atoms with Crippen molar-refractivity contribution in [2.45, 2.75) is 42.0 Å². The van der Waals surface area contributed by atoms with Crippen LogP contribution in [0.5, 0.6) is 0 Å². The van der Waals surface area contributed by atoms with Crippen LogP contribution in [0.25, 0.3) is 0 Å². The molecular weight excluding hydrogens is 450 g/mol. The zero-order valence-electron chi connectivity index (χ0n) is 18.1. The van der Waals surface area contributed by atoms with Crippen molar-refractivity contribution < 1.29 is 21.6 Å². The van der Waals surface area contributed by atoms with Gasteiger partial charge < -0.3 is 5.32 Å². The van der Waals surface area contributed by atoms with Crippen LogP contribution in [0.3, 0.4) is 0 Å². The van der Waals surface area contributed by atoms with Gasteiger partial charge in [-0.3, -0.25) is 4.79 Å². The Labute approximate surface area is 190 Å². The molecule has 0 aliphatic carbocycles. The molecule has 1 N–H and O–H groups in total. The maximum absolute atomic E-state index is 13.3. The quantitative estimate of drug-likeness (QED) is 0.555. The second-order valence-electron chi connectivity index (χ2n) is 7.62. The first-order valence-corrected chi connectivity index (χ1v) is 13.6. The molecule has 0 radical (unpaired) electrons. The van der Waals surface area contributed by atoms with Crippen molar-refractivity contribution in [1.29, 1.82) is 0 Å². The Morgan fingerprint density at radius 2 is 1.44 bits per heavy atom. The molecule has 10 heteroatoms. The lowest BCUT2D eigenvalue weighted by molar-refractivity contribution is -0.125. The molecule has 1 amide bonds. The summed E-state index contributed by atoms with van der Waals surface area (Å²) in [7, 11) is -7.83. The van der Waals surface area contributed by atoms with Gasteiger partial charge >= 0.3 is 0 Å². The lowest BCUT2D eigenvalue weighted by Crippen LogP contribution is -2.61. The number of nitrogens with one attached hydrogen (secondary N) is 1. The van der Waals surface area contributed by atoms with Crippen LogP contribution >= 0.6 is 0 Å². The summed E-state index contributed by atoms with van der Waals surface area (Å²) in [5.41, 5.74) is 0. The first kappa shape index (κ1) is 24.4. The SMILES string of the molecule is CCCCCNC(=O)[C@@H]1CN(S(=O)(=O)c2ccccc2)CCN1S(=O)(=O)c1ccccc1. The molecule has 1 heterocycles. The molecule has 8 nitrogen and oxygen atoms in total. The van der Waals surface area contributed by atoms with Gasteiger partial charge in [0, 0.05) is 26.2 Å². The van der Waals surface area contributed by atoms with Gasteiger partial charge in [0.05, 0.1) is 9.79 Å². The second-order valence-corrected chi connectivity index (χ2v) is 11.4. The Hall–Kier alpha value is -2.27. The normalized spacial score (nSPS) is 18.3. The van der Waals surface area contributed by atoms with Gasteiger partial charge in [0.25, 0.3) is 0 Å². The van der Waals surface area contributed by atoms with Gasteiger partial charge in [-0.15, -0.1) is 0 Å². The van der Waals surface area contributed by atoms with E-state index in [4.69, 9.17) is 0 Å². The summed E-state index contributed by atoms with van der Waals surface area (Å²) in [6, 6.07) is 14.7. The molecule has 2 aromatic carbocycles. The average Bonchev–Trinajstić information content (AvgIpc) is 2.82. The van der Waals surface area contributed by atoms with Crippen molar-refractivity contribution in [2.75, 3.05) is 26.2 Å². The minimum Gasteiger partial charge on any atom is -0.355 e. The fourth-order valence-corrected chi connectivity index (χ4v) is 6.68. The first-order valence-electron chi connectivity index (χ1n) is 10.7. The van der Waals surface area contributed by atoms with Crippen LogP contribution < -0.4 is 5.32 Å². The molecule has 0 saturated carbocycles. The Bertz CT molecular complexity index is 1110. The molecule has 0 bridgehead atoms. The van der Waals surface area contributed by atoms with Gasteiger partial charge in [0.2, 0.25) is 26.0 Å².